The zero-order valence-electron chi connectivity index (χ0n) is 9.01. The van der Waals surface area contributed by atoms with Crippen molar-refractivity contribution in [2.24, 2.45) is 0 Å². The number of oxazole rings is 1. The predicted octanol–water partition coefficient (Wildman–Crippen LogP) is 3.30. The van der Waals surface area contributed by atoms with Crippen LogP contribution in [0.2, 0.25) is 0 Å². The summed E-state index contributed by atoms with van der Waals surface area (Å²) in [5, 5.41) is 10.6. The number of hydrogen-bond acceptors (Lipinski definition) is 4. The van der Waals surface area contributed by atoms with Crippen molar-refractivity contribution in [1.82, 2.24) is 4.98 Å². The van der Waals surface area contributed by atoms with Crippen molar-refractivity contribution in [3.63, 3.8) is 0 Å². The number of non-ortho nitro benzene ring substituents is 1. The van der Waals surface area contributed by atoms with Crippen LogP contribution in [0.25, 0.3) is 11.5 Å². The van der Waals surface area contributed by atoms with Gasteiger partial charge < -0.3 is 4.42 Å². The van der Waals surface area contributed by atoms with E-state index in [0.29, 0.717) is 11.6 Å². The molecule has 0 saturated carbocycles. The lowest BCUT2D eigenvalue weighted by Gasteiger charge is -2.00. The molecule has 0 bridgehead atoms. The standard InChI is InChI=1S/C11H9ClN2O3/c1-7-4-9(14(15)16)2-3-10(7)11-13-8(5-12)6-17-11/h2-4,6H,5H2,1H3. The zero-order valence-corrected chi connectivity index (χ0v) is 9.77. The average Bonchev–Trinajstić information content (AvgIpc) is 2.77. The van der Waals surface area contributed by atoms with Gasteiger partial charge in [-0.2, -0.15) is 0 Å². The van der Waals surface area contributed by atoms with Crippen molar-refractivity contribution in [3.05, 3.63) is 45.8 Å². The van der Waals surface area contributed by atoms with Crippen LogP contribution >= 0.6 is 11.6 Å². The number of aromatic nitrogens is 1. The minimum Gasteiger partial charge on any atom is -0.444 e. The smallest absolute Gasteiger partial charge is 0.269 e. The molecule has 5 nitrogen and oxygen atoms in total. The van der Waals surface area contributed by atoms with E-state index in [1.807, 2.05) is 0 Å². The summed E-state index contributed by atoms with van der Waals surface area (Å²) in [7, 11) is 0. The first-order chi connectivity index (χ1) is 8.11. The van der Waals surface area contributed by atoms with Gasteiger partial charge in [-0.05, 0) is 18.6 Å². The number of aryl methyl sites for hydroxylation is 1. The van der Waals surface area contributed by atoms with Gasteiger partial charge in [0.05, 0.1) is 16.5 Å². The minimum absolute atomic E-state index is 0.0513. The molecule has 6 heteroatoms. The highest BCUT2D eigenvalue weighted by Gasteiger charge is 2.13. The highest BCUT2D eigenvalue weighted by atomic mass is 35.5. The SMILES string of the molecule is Cc1cc([N+](=O)[O-])ccc1-c1nc(CCl)co1. The Bertz CT molecular complexity index is 566. The third-order valence-corrected chi connectivity index (χ3v) is 2.61. The Morgan fingerprint density at radius 2 is 2.29 bits per heavy atom. The van der Waals surface area contributed by atoms with E-state index in [1.165, 1.54) is 18.4 Å². The van der Waals surface area contributed by atoms with Crippen LogP contribution in [0.15, 0.2) is 28.9 Å². The molecule has 0 N–H and O–H groups in total. The van der Waals surface area contributed by atoms with Crippen LogP contribution in [0, 0.1) is 17.0 Å². The lowest BCUT2D eigenvalue weighted by Crippen LogP contribution is -1.90. The van der Waals surface area contributed by atoms with Crippen LogP contribution in [0.5, 0.6) is 0 Å². The number of nitrogens with zero attached hydrogens (tertiary/aromatic N) is 2. The number of nitro benzene ring substituents is 1. The van der Waals surface area contributed by atoms with E-state index in [4.69, 9.17) is 16.0 Å². The van der Waals surface area contributed by atoms with Gasteiger partial charge in [0.15, 0.2) is 0 Å². The van der Waals surface area contributed by atoms with Gasteiger partial charge >= 0.3 is 0 Å². The van der Waals surface area contributed by atoms with Gasteiger partial charge in [0, 0.05) is 17.7 Å². The molecule has 88 valence electrons. The molecule has 0 amide bonds. The zero-order chi connectivity index (χ0) is 12.4. The fraction of sp³-hybridized carbons (Fsp3) is 0.182. The molecule has 0 fully saturated rings. The molecule has 2 rings (SSSR count). The van der Waals surface area contributed by atoms with E-state index in [2.05, 4.69) is 4.98 Å². The third kappa shape index (κ3) is 2.29. The van der Waals surface area contributed by atoms with Crippen molar-refractivity contribution in [2.45, 2.75) is 12.8 Å². The lowest BCUT2D eigenvalue weighted by atomic mass is 10.1. The molecule has 0 atom stereocenters. The topological polar surface area (TPSA) is 69.2 Å². The van der Waals surface area contributed by atoms with Gasteiger partial charge in [0.1, 0.15) is 6.26 Å². The summed E-state index contributed by atoms with van der Waals surface area (Å²) in [5.74, 6) is 0.697. The Balaban J connectivity index is 2.42. The Kier molecular flexibility index (Phi) is 3.10. The molecule has 0 radical (unpaired) electrons. The van der Waals surface area contributed by atoms with Gasteiger partial charge in [-0.25, -0.2) is 4.98 Å². The number of alkyl halides is 1. The first-order valence-corrected chi connectivity index (χ1v) is 5.41. The summed E-state index contributed by atoms with van der Waals surface area (Å²) in [4.78, 5) is 14.3. The second-order valence-electron chi connectivity index (χ2n) is 3.53. The molecule has 0 spiro atoms. The Hall–Kier alpha value is -1.88. The predicted molar refractivity (Wildman–Crippen MR) is 62.9 cm³/mol. The highest BCUT2D eigenvalue weighted by molar-refractivity contribution is 6.16. The van der Waals surface area contributed by atoms with Gasteiger partial charge in [-0.15, -0.1) is 11.6 Å². The van der Waals surface area contributed by atoms with Gasteiger partial charge in [-0.3, -0.25) is 10.1 Å². The van der Waals surface area contributed by atoms with Crippen LogP contribution < -0.4 is 0 Å². The maximum Gasteiger partial charge on any atom is 0.269 e. The van der Waals surface area contributed by atoms with Crippen molar-refractivity contribution >= 4 is 17.3 Å². The number of benzene rings is 1. The second kappa shape index (κ2) is 4.55. The van der Waals surface area contributed by atoms with Crippen LogP contribution in [0.4, 0.5) is 5.69 Å². The van der Waals surface area contributed by atoms with E-state index >= 15 is 0 Å². The molecule has 0 aliphatic carbocycles. The van der Waals surface area contributed by atoms with Crippen LogP contribution in [-0.2, 0) is 5.88 Å². The Morgan fingerprint density at radius 3 is 2.82 bits per heavy atom. The van der Waals surface area contributed by atoms with Crippen molar-refractivity contribution < 1.29 is 9.34 Å². The van der Waals surface area contributed by atoms with E-state index < -0.39 is 4.92 Å². The molecule has 1 aromatic carbocycles. The molecule has 0 unspecified atom stereocenters. The van der Waals surface area contributed by atoms with Gasteiger partial charge in [-0.1, -0.05) is 0 Å². The fourth-order valence-electron chi connectivity index (χ4n) is 1.49. The number of halogens is 1. The maximum absolute atomic E-state index is 10.6. The monoisotopic (exact) mass is 252 g/mol. The maximum atomic E-state index is 10.6. The second-order valence-corrected chi connectivity index (χ2v) is 3.80. The molecule has 2 aromatic rings. The lowest BCUT2D eigenvalue weighted by molar-refractivity contribution is -0.384. The van der Waals surface area contributed by atoms with Crippen LogP contribution in [0.3, 0.4) is 0 Å². The van der Waals surface area contributed by atoms with E-state index in [-0.39, 0.29) is 11.6 Å². The third-order valence-electron chi connectivity index (χ3n) is 2.34. The summed E-state index contributed by atoms with van der Waals surface area (Å²) in [6, 6.07) is 4.53. The van der Waals surface area contributed by atoms with Crippen LogP contribution in [0.1, 0.15) is 11.3 Å². The molecular formula is C11H9ClN2O3. The van der Waals surface area contributed by atoms with E-state index in [0.717, 1.165) is 11.1 Å². The molecule has 1 aromatic heterocycles. The summed E-state index contributed by atoms with van der Waals surface area (Å²) < 4.78 is 5.26. The summed E-state index contributed by atoms with van der Waals surface area (Å²) in [6.07, 6.45) is 1.48. The summed E-state index contributed by atoms with van der Waals surface area (Å²) in [6.45, 7) is 1.77. The Labute approximate surface area is 102 Å². The Morgan fingerprint density at radius 1 is 1.53 bits per heavy atom. The van der Waals surface area contributed by atoms with E-state index in [1.54, 1.807) is 13.0 Å². The number of hydrogen-bond donors (Lipinski definition) is 0. The van der Waals surface area contributed by atoms with E-state index in [9.17, 15) is 10.1 Å². The van der Waals surface area contributed by atoms with Crippen molar-refractivity contribution in [1.29, 1.82) is 0 Å². The fourth-order valence-corrected chi connectivity index (χ4v) is 1.62. The largest absolute Gasteiger partial charge is 0.444 e. The molecule has 0 aliphatic heterocycles. The minimum atomic E-state index is -0.434. The molecule has 0 saturated heterocycles. The molecule has 0 aliphatic rings. The summed E-state index contributed by atoms with van der Waals surface area (Å²) >= 11 is 5.62. The first-order valence-electron chi connectivity index (χ1n) is 4.87. The molecule has 1 heterocycles. The normalized spacial score (nSPS) is 10.5. The summed E-state index contributed by atoms with van der Waals surface area (Å²) in [5.41, 5.74) is 2.16. The van der Waals surface area contributed by atoms with Crippen molar-refractivity contribution in [3.8, 4) is 11.5 Å². The highest BCUT2D eigenvalue weighted by Crippen LogP contribution is 2.26. The van der Waals surface area contributed by atoms with Crippen LogP contribution in [-0.4, -0.2) is 9.91 Å². The average molecular weight is 253 g/mol. The van der Waals surface area contributed by atoms with Gasteiger partial charge in [0.25, 0.3) is 5.69 Å². The van der Waals surface area contributed by atoms with Gasteiger partial charge in [0.2, 0.25) is 5.89 Å². The number of nitro groups is 1. The first kappa shape index (κ1) is 11.6. The van der Waals surface area contributed by atoms with Crippen molar-refractivity contribution in [2.75, 3.05) is 0 Å². The molecule has 17 heavy (non-hydrogen) atoms. The molecular weight excluding hydrogens is 244 g/mol. The quantitative estimate of drug-likeness (QED) is 0.477. The number of rotatable bonds is 3.